The Bertz CT molecular complexity index is 634. The predicted octanol–water partition coefficient (Wildman–Crippen LogP) is 2.31. The maximum atomic E-state index is 12.3. The van der Waals surface area contributed by atoms with E-state index in [0.29, 0.717) is 5.56 Å². The van der Waals surface area contributed by atoms with Gasteiger partial charge in [-0.15, -0.1) is 13.2 Å². The maximum absolute atomic E-state index is 12.3. The monoisotopic (exact) mass is 325 g/mol. The smallest absolute Gasteiger partial charge is 0.405 e. The van der Waals surface area contributed by atoms with Gasteiger partial charge >= 0.3 is 6.36 Å². The molecule has 0 fully saturated rings. The van der Waals surface area contributed by atoms with Crippen LogP contribution in [0.2, 0.25) is 0 Å². The number of nitriles is 1. The summed E-state index contributed by atoms with van der Waals surface area (Å²) in [5.74, 6) is -0.553. The van der Waals surface area contributed by atoms with Crippen LogP contribution in [-0.4, -0.2) is 25.6 Å². The highest BCUT2D eigenvalue weighted by Gasteiger charge is 2.31. The molecule has 0 saturated carbocycles. The molecule has 0 aliphatic carbocycles. The van der Waals surface area contributed by atoms with E-state index in [2.05, 4.69) is 27.1 Å². The lowest BCUT2D eigenvalue weighted by molar-refractivity contribution is -0.274. The van der Waals surface area contributed by atoms with Crippen molar-refractivity contribution in [1.82, 2.24) is 10.6 Å². The number of rotatable bonds is 7. The molecule has 122 valence electrons. The van der Waals surface area contributed by atoms with Crippen LogP contribution in [-0.2, 0) is 6.54 Å². The average molecular weight is 325 g/mol. The Morgan fingerprint density at radius 1 is 1.43 bits per heavy atom. The van der Waals surface area contributed by atoms with Crippen molar-refractivity contribution in [3.63, 3.8) is 0 Å². The maximum Gasteiger partial charge on any atom is 0.573 e. The first-order valence-electron chi connectivity index (χ1n) is 6.31. The van der Waals surface area contributed by atoms with Gasteiger partial charge in [0.05, 0.1) is 6.67 Å². The van der Waals surface area contributed by atoms with E-state index in [0.717, 1.165) is 0 Å². The van der Waals surface area contributed by atoms with Gasteiger partial charge in [-0.25, -0.2) is 4.99 Å². The van der Waals surface area contributed by atoms with Crippen LogP contribution in [0, 0.1) is 16.7 Å². The lowest BCUT2D eigenvalue weighted by Gasteiger charge is -2.13. The molecule has 23 heavy (non-hydrogen) atoms. The van der Waals surface area contributed by atoms with Crippen molar-refractivity contribution in [2.75, 3.05) is 6.67 Å². The molecule has 6 nitrogen and oxygen atoms in total. The minimum absolute atomic E-state index is 0.0115. The molecule has 0 atom stereocenters. The van der Waals surface area contributed by atoms with Crippen molar-refractivity contribution >= 4 is 12.6 Å². The number of hydrogen-bond donors (Lipinski definition) is 3. The minimum Gasteiger partial charge on any atom is -0.405 e. The van der Waals surface area contributed by atoms with E-state index in [1.165, 1.54) is 24.4 Å². The van der Waals surface area contributed by atoms with Gasteiger partial charge < -0.3 is 10.1 Å². The van der Waals surface area contributed by atoms with Gasteiger partial charge in [0, 0.05) is 18.3 Å². The predicted molar refractivity (Wildman–Crippen MR) is 78.9 cm³/mol. The Morgan fingerprint density at radius 3 is 2.74 bits per heavy atom. The molecular formula is C14H14F3N5O. The van der Waals surface area contributed by atoms with Gasteiger partial charge in [0.2, 0.25) is 0 Å². The Balaban J connectivity index is 2.54. The fourth-order valence-electron chi connectivity index (χ4n) is 1.54. The number of hydrogen-bond acceptors (Lipinski definition) is 5. The molecule has 0 spiro atoms. The van der Waals surface area contributed by atoms with Crippen LogP contribution in [0.4, 0.5) is 13.2 Å². The summed E-state index contributed by atoms with van der Waals surface area (Å²) in [7, 11) is 0. The van der Waals surface area contributed by atoms with Gasteiger partial charge in [-0.3, -0.25) is 10.7 Å². The second-order valence-corrected chi connectivity index (χ2v) is 4.14. The van der Waals surface area contributed by atoms with E-state index in [-0.39, 0.29) is 30.4 Å². The summed E-state index contributed by atoms with van der Waals surface area (Å²) < 4.78 is 40.8. The molecular weight excluding hydrogens is 311 g/mol. The summed E-state index contributed by atoms with van der Waals surface area (Å²) >= 11 is 0. The molecule has 1 rings (SSSR count). The van der Waals surface area contributed by atoms with E-state index >= 15 is 0 Å². The van der Waals surface area contributed by atoms with Gasteiger partial charge in [0.15, 0.2) is 5.84 Å². The van der Waals surface area contributed by atoms with E-state index in [1.807, 2.05) is 0 Å². The van der Waals surface area contributed by atoms with Gasteiger partial charge in [0.25, 0.3) is 0 Å². The van der Waals surface area contributed by atoms with E-state index in [1.54, 1.807) is 12.1 Å². The number of aliphatic imine (C=N–C) groups is 1. The zero-order valence-electron chi connectivity index (χ0n) is 11.9. The second-order valence-electron chi connectivity index (χ2n) is 4.14. The Morgan fingerprint density at radius 2 is 2.13 bits per heavy atom. The summed E-state index contributed by atoms with van der Waals surface area (Å²) in [6.07, 6.45) is -3.49. The topological polar surface area (TPSA) is 93.3 Å². The molecule has 9 heteroatoms. The third-order valence-electron chi connectivity index (χ3n) is 2.52. The molecule has 0 radical (unpaired) electrons. The zero-order chi connectivity index (χ0) is 17.3. The fourth-order valence-corrected chi connectivity index (χ4v) is 1.54. The van der Waals surface area contributed by atoms with Crippen molar-refractivity contribution in [2.24, 2.45) is 4.99 Å². The number of alkyl halides is 3. The summed E-state index contributed by atoms with van der Waals surface area (Å²) in [5.41, 5.74) is 0.319. The van der Waals surface area contributed by atoms with Crippen LogP contribution in [0.15, 0.2) is 41.0 Å². The van der Waals surface area contributed by atoms with Crippen LogP contribution in [0.5, 0.6) is 5.75 Å². The number of benzene rings is 1. The number of ether oxygens (including phenoxy) is 1. The Labute approximate surface area is 130 Å². The number of nitrogens with one attached hydrogen (secondary N) is 3. The second kappa shape index (κ2) is 8.55. The van der Waals surface area contributed by atoms with Crippen molar-refractivity contribution in [1.29, 1.82) is 10.7 Å². The van der Waals surface area contributed by atoms with Crippen LogP contribution < -0.4 is 15.4 Å². The third-order valence-corrected chi connectivity index (χ3v) is 2.52. The van der Waals surface area contributed by atoms with Crippen molar-refractivity contribution < 1.29 is 17.9 Å². The highest BCUT2D eigenvalue weighted by Crippen LogP contribution is 2.25. The molecule has 0 heterocycles. The Hall–Kier alpha value is -2.86. The molecule has 3 N–H and O–H groups in total. The van der Waals surface area contributed by atoms with Gasteiger partial charge in [-0.1, -0.05) is 18.2 Å². The number of para-hydroxylation sites is 1. The molecule has 0 saturated heterocycles. The highest BCUT2D eigenvalue weighted by molar-refractivity contribution is 6.01. The largest absolute Gasteiger partial charge is 0.573 e. The van der Waals surface area contributed by atoms with E-state index < -0.39 is 6.36 Å². The first-order valence-corrected chi connectivity index (χ1v) is 6.31. The zero-order valence-corrected chi connectivity index (χ0v) is 11.9. The SMILES string of the molecule is C=NC(=N)/C(C#N)=C\NCNCc1ccccc1OC(F)(F)F. The van der Waals surface area contributed by atoms with Gasteiger partial charge in [-0.05, 0) is 12.8 Å². The molecule has 1 aromatic rings. The summed E-state index contributed by atoms with van der Waals surface area (Å²) in [6.45, 7) is 3.42. The lowest BCUT2D eigenvalue weighted by Crippen LogP contribution is -2.26. The number of halogens is 3. The molecule has 0 amide bonds. The first-order chi connectivity index (χ1) is 10.9. The standard InChI is InChI=1S/C14H14F3N5O/c1-20-13(19)11(6-18)8-22-9-21-7-10-4-2-3-5-12(10)23-14(15,16)17/h2-5,8,19,21-22H,1,7,9H2/b11-8-,19-13?. The molecule has 1 aromatic carbocycles. The van der Waals surface area contributed by atoms with Crippen molar-refractivity contribution in [3.05, 3.63) is 41.6 Å². The third kappa shape index (κ3) is 6.62. The van der Waals surface area contributed by atoms with Gasteiger partial charge in [0.1, 0.15) is 17.4 Å². The van der Waals surface area contributed by atoms with Crippen LogP contribution >= 0.6 is 0 Å². The van der Waals surface area contributed by atoms with E-state index in [4.69, 9.17) is 10.7 Å². The minimum atomic E-state index is -4.75. The number of nitrogens with zero attached hydrogens (tertiary/aromatic N) is 2. The van der Waals surface area contributed by atoms with Gasteiger partial charge in [-0.2, -0.15) is 5.26 Å². The van der Waals surface area contributed by atoms with Crippen molar-refractivity contribution in [2.45, 2.75) is 12.9 Å². The molecule has 0 aliphatic rings. The molecule has 0 unspecified atom stereocenters. The van der Waals surface area contributed by atoms with Crippen LogP contribution in [0.25, 0.3) is 0 Å². The number of amidine groups is 1. The lowest BCUT2D eigenvalue weighted by atomic mass is 10.2. The first kappa shape index (κ1) is 18.2. The fraction of sp³-hybridized carbons (Fsp3) is 0.214. The quantitative estimate of drug-likeness (QED) is 0.236. The average Bonchev–Trinajstić information content (AvgIpc) is 2.50. The highest BCUT2D eigenvalue weighted by atomic mass is 19.4. The van der Waals surface area contributed by atoms with Crippen LogP contribution in [0.3, 0.4) is 0 Å². The summed E-state index contributed by atoms with van der Waals surface area (Å²) in [5, 5.41) is 21.6. The van der Waals surface area contributed by atoms with E-state index in [9.17, 15) is 13.2 Å². The Kier molecular flexibility index (Phi) is 6.76. The molecule has 0 bridgehead atoms. The molecule has 0 aromatic heterocycles. The molecule has 0 aliphatic heterocycles. The van der Waals surface area contributed by atoms with Crippen molar-refractivity contribution in [3.8, 4) is 11.8 Å². The van der Waals surface area contributed by atoms with Crippen LogP contribution in [0.1, 0.15) is 5.56 Å². The summed E-state index contributed by atoms with van der Waals surface area (Å²) in [6, 6.07) is 7.53. The summed E-state index contributed by atoms with van der Waals surface area (Å²) in [4.78, 5) is 3.31. The normalized spacial score (nSPS) is 11.5.